The molecule has 0 atom stereocenters. The van der Waals surface area contributed by atoms with E-state index in [0.717, 1.165) is 22.3 Å². The Morgan fingerprint density at radius 1 is 1.33 bits per heavy atom. The number of carbonyl (C=O) groups excluding carboxylic acids is 1. The first-order valence-corrected chi connectivity index (χ1v) is 7.70. The summed E-state index contributed by atoms with van der Waals surface area (Å²) < 4.78 is 0. The van der Waals surface area contributed by atoms with E-state index in [9.17, 15) is 4.79 Å². The molecule has 1 amide bonds. The number of rotatable bonds is 6. The fraction of sp³-hybridized carbons (Fsp3) is 0.429. The highest BCUT2D eigenvalue weighted by Crippen LogP contribution is 2.20. The smallest absolute Gasteiger partial charge is 0.225 e. The molecular weight excluding hydrogens is 286 g/mol. The van der Waals surface area contributed by atoms with Crippen LogP contribution in [0.2, 0.25) is 0 Å². The largest absolute Gasteiger partial charge is 0.305 e. The van der Waals surface area contributed by atoms with Crippen LogP contribution in [0.5, 0.6) is 0 Å². The Morgan fingerprint density at radius 2 is 2.10 bits per heavy atom. The van der Waals surface area contributed by atoms with Crippen LogP contribution in [0, 0.1) is 6.92 Å². The Hall–Kier alpha value is -1.86. The molecular formula is C14H19N5OS. The fourth-order valence-electron chi connectivity index (χ4n) is 1.92. The van der Waals surface area contributed by atoms with Gasteiger partial charge in [-0.3, -0.25) is 9.69 Å². The van der Waals surface area contributed by atoms with Crippen molar-refractivity contribution < 1.29 is 4.79 Å². The lowest BCUT2D eigenvalue weighted by atomic mass is 10.4. The van der Waals surface area contributed by atoms with E-state index in [1.165, 1.54) is 11.3 Å². The van der Waals surface area contributed by atoms with E-state index in [4.69, 9.17) is 0 Å². The Morgan fingerprint density at radius 3 is 2.76 bits per heavy atom. The molecule has 1 N–H and O–H groups in total. The highest BCUT2D eigenvalue weighted by molar-refractivity contribution is 7.14. The van der Waals surface area contributed by atoms with Crippen molar-refractivity contribution in [2.24, 2.45) is 0 Å². The number of nitrogens with one attached hydrogen (secondary N) is 1. The number of aromatic nitrogens is 3. The first-order chi connectivity index (χ1) is 10.1. The molecule has 0 saturated carbocycles. The average Bonchev–Trinajstić information content (AvgIpc) is 2.88. The molecule has 2 heterocycles. The second-order valence-electron chi connectivity index (χ2n) is 4.58. The summed E-state index contributed by atoms with van der Waals surface area (Å²) in [6.45, 7) is 7.32. The Balaban J connectivity index is 1.89. The lowest BCUT2D eigenvalue weighted by molar-refractivity contribution is -0.116. The number of amides is 1. The standard InChI is InChI=1S/C14H19N5OS/c1-4-19(11(3)20)14-18-13(9-21-14)8-15-7-12-5-6-16-10(2)17-12/h5-6,9,15H,4,7-8H2,1-3H3. The van der Waals surface area contributed by atoms with E-state index >= 15 is 0 Å². The van der Waals surface area contributed by atoms with Gasteiger partial charge in [0.2, 0.25) is 5.91 Å². The number of nitrogens with zero attached hydrogens (tertiary/aromatic N) is 4. The summed E-state index contributed by atoms with van der Waals surface area (Å²) in [5.41, 5.74) is 1.89. The Labute approximate surface area is 128 Å². The van der Waals surface area contributed by atoms with E-state index in [0.29, 0.717) is 19.6 Å². The molecule has 0 radical (unpaired) electrons. The zero-order valence-corrected chi connectivity index (χ0v) is 13.3. The van der Waals surface area contributed by atoms with Crippen LogP contribution in [0.25, 0.3) is 0 Å². The first-order valence-electron chi connectivity index (χ1n) is 6.82. The van der Waals surface area contributed by atoms with E-state index < -0.39 is 0 Å². The van der Waals surface area contributed by atoms with Gasteiger partial charge in [0.25, 0.3) is 0 Å². The van der Waals surface area contributed by atoms with Crippen molar-refractivity contribution in [1.29, 1.82) is 0 Å². The second kappa shape index (κ2) is 7.24. The van der Waals surface area contributed by atoms with Crippen molar-refractivity contribution in [2.45, 2.75) is 33.9 Å². The number of aryl methyl sites for hydroxylation is 1. The highest BCUT2D eigenvalue weighted by atomic mass is 32.1. The third kappa shape index (κ3) is 4.30. The number of thiazole rings is 1. The molecule has 6 nitrogen and oxygen atoms in total. The van der Waals surface area contributed by atoms with Crippen molar-refractivity contribution >= 4 is 22.4 Å². The van der Waals surface area contributed by atoms with Crippen molar-refractivity contribution in [3.8, 4) is 0 Å². The maximum absolute atomic E-state index is 11.5. The van der Waals surface area contributed by atoms with Crippen molar-refractivity contribution in [3.05, 3.63) is 34.9 Å². The van der Waals surface area contributed by atoms with E-state index in [-0.39, 0.29) is 5.91 Å². The van der Waals surface area contributed by atoms with Gasteiger partial charge in [-0.25, -0.2) is 15.0 Å². The van der Waals surface area contributed by atoms with Gasteiger partial charge < -0.3 is 5.32 Å². The van der Waals surface area contributed by atoms with E-state index in [1.807, 2.05) is 25.3 Å². The lowest BCUT2D eigenvalue weighted by Crippen LogP contribution is -2.27. The summed E-state index contributed by atoms with van der Waals surface area (Å²) >= 11 is 1.49. The van der Waals surface area contributed by atoms with E-state index in [2.05, 4.69) is 20.3 Å². The molecule has 2 rings (SSSR count). The molecule has 0 saturated heterocycles. The van der Waals surface area contributed by atoms with Gasteiger partial charge in [-0.2, -0.15) is 0 Å². The third-order valence-corrected chi connectivity index (χ3v) is 3.83. The predicted octanol–water partition coefficient (Wildman–Crippen LogP) is 1.90. The minimum atomic E-state index is 0.0165. The molecule has 0 aliphatic heterocycles. The molecule has 0 aliphatic carbocycles. The molecule has 0 aromatic carbocycles. The van der Waals surface area contributed by atoms with Gasteiger partial charge in [0.15, 0.2) is 5.13 Å². The van der Waals surface area contributed by atoms with Crippen LogP contribution in [0.15, 0.2) is 17.6 Å². The summed E-state index contributed by atoms with van der Waals surface area (Å²) in [4.78, 5) is 26.0. The lowest BCUT2D eigenvalue weighted by Gasteiger charge is -2.14. The summed E-state index contributed by atoms with van der Waals surface area (Å²) in [7, 11) is 0. The van der Waals surface area contributed by atoms with Crippen molar-refractivity contribution in [2.75, 3.05) is 11.4 Å². The zero-order chi connectivity index (χ0) is 15.2. The molecule has 7 heteroatoms. The van der Waals surface area contributed by atoms with Gasteiger partial charge in [0, 0.05) is 38.1 Å². The maximum Gasteiger partial charge on any atom is 0.225 e. The van der Waals surface area contributed by atoms with Crippen molar-refractivity contribution in [1.82, 2.24) is 20.3 Å². The van der Waals surface area contributed by atoms with Crippen LogP contribution in [-0.4, -0.2) is 27.4 Å². The monoisotopic (exact) mass is 305 g/mol. The van der Waals surface area contributed by atoms with Gasteiger partial charge in [0.1, 0.15) is 5.82 Å². The molecule has 2 aromatic heterocycles. The number of carbonyl (C=O) groups is 1. The summed E-state index contributed by atoms with van der Waals surface area (Å²) in [6, 6.07) is 1.89. The summed E-state index contributed by atoms with van der Waals surface area (Å²) in [5, 5.41) is 6.02. The van der Waals surface area contributed by atoms with Crippen LogP contribution >= 0.6 is 11.3 Å². The zero-order valence-electron chi connectivity index (χ0n) is 12.5. The Kier molecular flexibility index (Phi) is 5.35. The van der Waals surface area contributed by atoms with Crippen LogP contribution in [-0.2, 0) is 17.9 Å². The molecule has 0 unspecified atom stereocenters. The maximum atomic E-state index is 11.5. The average molecular weight is 305 g/mol. The molecule has 0 bridgehead atoms. The number of anilines is 1. The minimum absolute atomic E-state index is 0.0165. The molecule has 0 aliphatic rings. The van der Waals surface area contributed by atoms with Crippen LogP contribution in [0.3, 0.4) is 0 Å². The molecule has 0 fully saturated rings. The minimum Gasteiger partial charge on any atom is -0.305 e. The predicted molar refractivity (Wildman–Crippen MR) is 83.1 cm³/mol. The summed E-state index contributed by atoms with van der Waals surface area (Å²) in [6.07, 6.45) is 1.76. The van der Waals surface area contributed by atoms with Crippen LogP contribution < -0.4 is 10.2 Å². The van der Waals surface area contributed by atoms with Crippen LogP contribution in [0.1, 0.15) is 31.1 Å². The first kappa shape index (κ1) is 15.5. The van der Waals surface area contributed by atoms with Gasteiger partial charge in [-0.05, 0) is 19.9 Å². The van der Waals surface area contributed by atoms with Gasteiger partial charge in [-0.1, -0.05) is 0 Å². The fourth-order valence-corrected chi connectivity index (χ4v) is 2.85. The second-order valence-corrected chi connectivity index (χ2v) is 5.42. The molecule has 0 spiro atoms. The van der Waals surface area contributed by atoms with Crippen molar-refractivity contribution in [3.63, 3.8) is 0 Å². The molecule has 2 aromatic rings. The van der Waals surface area contributed by atoms with Gasteiger partial charge in [-0.15, -0.1) is 11.3 Å². The summed E-state index contributed by atoms with van der Waals surface area (Å²) in [5.74, 6) is 0.785. The SMILES string of the molecule is CCN(C(C)=O)c1nc(CNCc2ccnc(C)n2)cs1. The highest BCUT2D eigenvalue weighted by Gasteiger charge is 2.13. The normalized spacial score (nSPS) is 10.6. The number of hydrogen-bond donors (Lipinski definition) is 1. The molecule has 21 heavy (non-hydrogen) atoms. The molecule has 112 valence electrons. The van der Waals surface area contributed by atoms with E-state index in [1.54, 1.807) is 18.0 Å². The topological polar surface area (TPSA) is 71.0 Å². The van der Waals surface area contributed by atoms with Gasteiger partial charge in [0.05, 0.1) is 11.4 Å². The quantitative estimate of drug-likeness (QED) is 0.882. The third-order valence-electron chi connectivity index (χ3n) is 2.91. The van der Waals surface area contributed by atoms with Gasteiger partial charge >= 0.3 is 0 Å². The Bertz CT molecular complexity index is 613. The number of hydrogen-bond acceptors (Lipinski definition) is 6. The van der Waals surface area contributed by atoms with Crippen LogP contribution in [0.4, 0.5) is 5.13 Å².